The van der Waals surface area contributed by atoms with Gasteiger partial charge in [0.15, 0.2) is 0 Å². The summed E-state index contributed by atoms with van der Waals surface area (Å²) in [5.41, 5.74) is 3.15. The van der Waals surface area contributed by atoms with Crippen LogP contribution in [0.4, 0.5) is 0 Å². The summed E-state index contributed by atoms with van der Waals surface area (Å²) in [6, 6.07) is 13.9. The van der Waals surface area contributed by atoms with Gasteiger partial charge in [0.05, 0.1) is 23.5 Å². The van der Waals surface area contributed by atoms with E-state index < -0.39 is 0 Å². The number of pyridine rings is 1. The van der Waals surface area contributed by atoms with Gasteiger partial charge in [-0.3, -0.25) is 14.3 Å². The van der Waals surface area contributed by atoms with Crippen LogP contribution in [0.5, 0.6) is 5.75 Å². The van der Waals surface area contributed by atoms with E-state index in [1.807, 2.05) is 24.3 Å². The Hall–Kier alpha value is -3.45. The van der Waals surface area contributed by atoms with Crippen molar-refractivity contribution in [1.29, 1.82) is 0 Å². The zero-order valence-corrected chi connectivity index (χ0v) is 18.5. The number of hydrogen-bond acceptors (Lipinski definition) is 5. The molecule has 2 aliphatic rings. The molecule has 1 fully saturated rings. The fourth-order valence-electron chi connectivity index (χ4n) is 5.94. The van der Waals surface area contributed by atoms with Gasteiger partial charge < -0.3 is 15.0 Å². The third-order valence-corrected chi connectivity index (χ3v) is 7.49. The summed E-state index contributed by atoms with van der Waals surface area (Å²) in [4.78, 5) is 33.4. The number of fused-ring (bicyclic) bond motifs is 6. The molecule has 3 atom stereocenters. The molecule has 168 valence electrons. The van der Waals surface area contributed by atoms with E-state index in [0.29, 0.717) is 41.2 Å². The van der Waals surface area contributed by atoms with Gasteiger partial charge in [-0.15, -0.1) is 0 Å². The number of aromatic amines is 1. The van der Waals surface area contributed by atoms with Crippen molar-refractivity contribution in [2.45, 2.75) is 37.8 Å². The van der Waals surface area contributed by atoms with Crippen LogP contribution in [-0.4, -0.2) is 34.2 Å². The van der Waals surface area contributed by atoms with Crippen molar-refractivity contribution in [2.24, 2.45) is 5.92 Å². The van der Waals surface area contributed by atoms with Gasteiger partial charge in [0, 0.05) is 30.1 Å². The van der Waals surface area contributed by atoms with Gasteiger partial charge in [-0.2, -0.15) is 0 Å². The molecule has 4 aromatic rings. The Morgan fingerprint density at radius 2 is 2.06 bits per heavy atom. The molecule has 1 unspecified atom stereocenters. The van der Waals surface area contributed by atoms with E-state index in [4.69, 9.17) is 4.74 Å². The highest BCUT2D eigenvalue weighted by atomic mass is 16.5. The molecule has 7 nitrogen and oxygen atoms in total. The highest BCUT2D eigenvalue weighted by Gasteiger charge is 2.40. The molecule has 2 aromatic carbocycles. The molecule has 1 aliphatic heterocycles. The second-order valence-corrected chi connectivity index (χ2v) is 9.11. The Morgan fingerprint density at radius 1 is 1.15 bits per heavy atom. The molecule has 0 spiro atoms. The van der Waals surface area contributed by atoms with Gasteiger partial charge in [-0.25, -0.2) is 4.79 Å². The van der Waals surface area contributed by atoms with E-state index in [1.165, 1.54) is 15.7 Å². The molecule has 0 saturated carbocycles. The number of methoxy groups -OCH3 is 1. The average Bonchev–Trinajstić information content (AvgIpc) is 3.27. The lowest BCUT2D eigenvalue weighted by Gasteiger charge is -2.32. The topological polar surface area (TPSA) is 89.0 Å². The standard InChI is InChI=1S/C26H26N4O3/c1-33-21-6-2-5-18-17(21)9-8-16-14-28-20(22(16)18)11-13-30-25(31)19-10-7-15-4-3-12-27-23(15)24(19)29-26(30)32/h2-7,10,12,16,20,22,28H,8-9,11,13-14H2,1H3,(H,29,32)/t16-,20?,22+/m0/s1. The van der Waals surface area contributed by atoms with Crippen molar-refractivity contribution in [3.63, 3.8) is 0 Å². The summed E-state index contributed by atoms with van der Waals surface area (Å²) in [7, 11) is 1.73. The number of ether oxygens (including phenoxy) is 1. The maximum Gasteiger partial charge on any atom is 0.328 e. The molecule has 3 heterocycles. The predicted molar refractivity (Wildman–Crippen MR) is 128 cm³/mol. The highest BCUT2D eigenvalue weighted by Crippen LogP contribution is 2.45. The average molecular weight is 443 g/mol. The van der Waals surface area contributed by atoms with E-state index in [1.54, 1.807) is 19.4 Å². The second-order valence-electron chi connectivity index (χ2n) is 9.11. The maximum absolute atomic E-state index is 13.2. The minimum atomic E-state index is -0.383. The van der Waals surface area contributed by atoms with Crippen molar-refractivity contribution in [2.75, 3.05) is 13.7 Å². The third kappa shape index (κ3) is 3.18. The molecule has 1 saturated heterocycles. The van der Waals surface area contributed by atoms with Crippen molar-refractivity contribution in [3.05, 3.63) is 80.6 Å². The Morgan fingerprint density at radius 3 is 2.94 bits per heavy atom. The summed E-state index contributed by atoms with van der Waals surface area (Å²) in [6.45, 7) is 1.33. The maximum atomic E-state index is 13.2. The summed E-state index contributed by atoms with van der Waals surface area (Å²) in [5.74, 6) is 1.89. The quantitative estimate of drug-likeness (QED) is 0.475. The van der Waals surface area contributed by atoms with Gasteiger partial charge in [0.2, 0.25) is 0 Å². The first kappa shape index (κ1) is 20.2. The summed E-state index contributed by atoms with van der Waals surface area (Å²) in [6.07, 6.45) is 4.53. The van der Waals surface area contributed by atoms with Crippen LogP contribution in [0.2, 0.25) is 0 Å². The van der Waals surface area contributed by atoms with E-state index in [0.717, 1.165) is 30.5 Å². The smallest absolute Gasteiger partial charge is 0.328 e. The van der Waals surface area contributed by atoms with Gasteiger partial charge in [-0.1, -0.05) is 24.3 Å². The van der Waals surface area contributed by atoms with Crippen LogP contribution in [-0.2, 0) is 13.0 Å². The number of benzene rings is 2. The van der Waals surface area contributed by atoms with Crippen LogP contribution >= 0.6 is 0 Å². The number of nitrogens with one attached hydrogen (secondary N) is 2. The van der Waals surface area contributed by atoms with E-state index in [-0.39, 0.29) is 17.3 Å². The molecule has 6 rings (SSSR count). The van der Waals surface area contributed by atoms with E-state index in [9.17, 15) is 9.59 Å². The Labute approximate surface area is 190 Å². The fraction of sp³-hybridized carbons (Fsp3) is 0.346. The van der Waals surface area contributed by atoms with Crippen LogP contribution in [0.25, 0.3) is 21.8 Å². The normalized spacial score (nSPS) is 21.8. The molecule has 33 heavy (non-hydrogen) atoms. The first-order valence-corrected chi connectivity index (χ1v) is 11.6. The minimum absolute atomic E-state index is 0.210. The largest absolute Gasteiger partial charge is 0.496 e. The van der Waals surface area contributed by atoms with Crippen LogP contribution in [0.1, 0.15) is 29.9 Å². The van der Waals surface area contributed by atoms with Gasteiger partial charge >= 0.3 is 5.69 Å². The van der Waals surface area contributed by atoms with Crippen LogP contribution in [0.3, 0.4) is 0 Å². The molecule has 2 N–H and O–H groups in total. The summed E-state index contributed by atoms with van der Waals surface area (Å²) in [5, 5.41) is 5.05. The molecular weight excluding hydrogens is 416 g/mol. The second kappa shape index (κ2) is 7.85. The molecule has 2 aromatic heterocycles. The zero-order valence-electron chi connectivity index (χ0n) is 18.5. The van der Waals surface area contributed by atoms with Crippen LogP contribution in [0, 0.1) is 5.92 Å². The minimum Gasteiger partial charge on any atom is -0.496 e. The number of nitrogens with zero attached hydrogens (tertiary/aromatic N) is 2. The number of aromatic nitrogens is 3. The van der Waals surface area contributed by atoms with Gasteiger partial charge in [0.25, 0.3) is 5.56 Å². The molecule has 0 amide bonds. The first-order chi connectivity index (χ1) is 16.2. The van der Waals surface area contributed by atoms with Crippen molar-refractivity contribution < 1.29 is 4.74 Å². The Bertz CT molecular complexity index is 1490. The first-order valence-electron chi connectivity index (χ1n) is 11.6. The van der Waals surface area contributed by atoms with Crippen molar-refractivity contribution in [1.82, 2.24) is 19.9 Å². The Kier molecular flexibility index (Phi) is 4.80. The fourth-order valence-corrected chi connectivity index (χ4v) is 5.94. The van der Waals surface area contributed by atoms with Crippen LogP contribution < -0.4 is 21.3 Å². The summed E-state index contributed by atoms with van der Waals surface area (Å²) < 4.78 is 6.95. The zero-order chi connectivity index (χ0) is 22.5. The van der Waals surface area contributed by atoms with Gasteiger partial charge in [0.1, 0.15) is 5.75 Å². The summed E-state index contributed by atoms with van der Waals surface area (Å²) >= 11 is 0. The highest BCUT2D eigenvalue weighted by molar-refractivity contribution is 6.02. The molecular formula is C26H26N4O3. The van der Waals surface area contributed by atoms with Crippen molar-refractivity contribution >= 4 is 21.8 Å². The van der Waals surface area contributed by atoms with E-state index in [2.05, 4.69) is 27.4 Å². The molecule has 1 aliphatic carbocycles. The molecule has 0 radical (unpaired) electrons. The van der Waals surface area contributed by atoms with E-state index >= 15 is 0 Å². The Balaban J connectivity index is 1.33. The molecule has 0 bridgehead atoms. The lowest BCUT2D eigenvalue weighted by Crippen LogP contribution is -2.38. The number of hydrogen-bond donors (Lipinski definition) is 2. The predicted octanol–water partition coefficient (Wildman–Crippen LogP) is 2.95. The lowest BCUT2D eigenvalue weighted by atomic mass is 9.73. The molecule has 7 heteroatoms. The SMILES string of the molecule is COc1cccc2c1CC[C@H]1CNC(CCn3c(=O)[nH]c4c(ccc5cccnc54)c3=O)[C@@H]21. The number of rotatable bonds is 4. The third-order valence-electron chi connectivity index (χ3n) is 7.49. The van der Waals surface area contributed by atoms with Gasteiger partial charge in [-0.05, 0) is 61.1 Å². The lowest BCUT2D eigenvalue weighted by molar-refractivity contribution is 0.371. The van der Waals surface area contributed by atoms with Crippen LogP contribution in [0.15, 0.2) is 58.3 Å². The van der Waals surface area contributed by atoms with Crippen molar-refractivity contribution in [3.8, 4) is 5.75 Å². The number of H-pyrrole nitrogens is 1. The monoisotopic (exact) mass is 442 g/mol.